The SMILES string of the molecule is COc1ccccc1OCCNCC1(C)CCOCC1. The maximum Gasteiger partial charge on any atom is 0.161 e. The summed E-state index contributed by atoms with van der Waals surface area (Å²) in [5, 5.41) is 3.48. The van der Waals surface area contributed by atoms with Crippen molar-refractivity contribution in [2.24, 2.45) is 5.41 Å². The number of ether oxygens (including phenoxy) is 3. The molecule has 1 N–H and O–H groups in total. The Labute approximate surface area is 121 Å². The molecule has 1 heterocycles. The molecule has 1 fully saturated rings. The van der Waals surface area contributed by atoms with Crippen molar-refractivity contribution in [1.29, 1.82) is 0 Å². The van der Waals surface area contributed by atoms with Crippen molar-refractivity contribution in [2.75, 3.05) is 40.0 Å². The third-order valence-corrected chi connectivity index (χ3v) is 3.86. The monoisotopic (exact) mass is 279 g/mol. The van der Waals surface area contributed by atoms with E-state index in [2.05, 4.69) is 12.2 Å². The minimum Gasteiger partial charge on any atom is -0.493 e. The van der Waals surface area contributed by atoms with Crippen molar-refractivity contribution in [3.05, 3.63) is 24.3 Å². The van der Waals surface area contributed by atoms with Crippen LogP contribution < -0.4 is 14.8 Å². The second kappa shape index (κ2) is 7.50. The fourth-order valence-corrected chi connectivity index (χ4v) is 2.40. The van der Waals surface area contributed by atoms with E-state index in [0.29, 0.717) is 12.0 Å². The van der Waals surface area contributed by atoms with Gasteiger partial charge in [-0.15, -0.1) is 0 Å². The first-order valence-electron chi connectivity index (χ1n) is 7.28. The van der Waals surface area contributed by atoms with E-state index in [4.69, 9.17) is 14.2 Å². The van der Waals surface area contributed by atoms with E-state index in [0.717, 1.165) is 50.6 Å². The predicted octanol–water partition coefficient (Wildman–Crippen LogP) is 2.48. The molecular weight excluding hydrogens is 254 g/mol. The Morgan fingerprint density at radius 1 is 1.20 bits per heavy atom. The van der Waals surface area contributed by atoms with Crippen LogP contribution in [-0.2, 0) is 4.74 Å². The van der Waals surface area contributed by atoms with Crippen molar-refractivity contribution in [3.8, 4) is 11.5 Å². The molecule has 20 heavy (non-hydrogen) atoms. The van der Waals surface area contributed by atoms with E-state index < -0.39 is 0 Å². The minimum absolute atomic E-state index is 0.364. The van der Waals surface area contributed by atoms with Gasteiger partial charge in [-0.25, -0.2) is 0 Å². The van der Waals surface area contributed by atoms with Gasteiger partial charge in [0.1, 0.15) is 6.61 Å². The van der Waals surface area contributed by atoms with Gasteiger partial charge in [0.2, 0.25) is 0 Å². The van der Waals surface area contributed by atoms with E-state index >= 15 is 0 Å². The van der Waals surface area contributed by atoms with Gasteiger partial charge in [-0.2, -0.15) is 0 Å². The van der Waals surface area contributed by atoms with Gasteiger partial charge >= 0.3 is 0 Å². The third kappa shape index (κ3) is 4.39. The first-order chi connectivity index (χ1) is 9.73. The number of hydrogen-bond donors (Lipinski definition) is 1. The summed E-state index contributed by atoms with van der Waals surface area (Å²) in [6, 6.07) is 7.73. The molecule has 1 aliphatic heterocycles. The van der Waals surface area contributed by atoms with Gasteiger partial charge in [-0.3, -0.25) is 0 Å². The number of hydrogen-bond acceptors (Lipinski definition) is 4. The predicted molar refractivity (Wildman–Crippen MR) is 79.5 cm³/mol. The van der Waals surface area contributed by atoms with Crippen LogP contribution in [0.4, 0.5) is 0 Å². The highest BCUT2D eigenvalue weighted by atomic mass is 16.5. The maximum atomic E-state index is 5.74. The van der Waals surface area contributed by atoms with Crippen LogP contribution in [0.1, 0.15) is 19.8 Å². The Bertz CT molecular complexity index is 402. The second-order valence-electron chi connectivity index (χ2n) is 5.60. The van der Waals surface area contributed by atoms with Crippen LogP contribution in [0.25, 0.3) is 0 Å². The first kappa shape index (κ1) is 15.1. The molecule has 0 radical (unpaired) electrons. The van der Waals surface area contributed by atoms with Crippen molar-refractivity contribution in [2.45, 2.75) is 19.8 Å². The number of benzene rings is 1. The van der Waals surface area contributed by atoms with Crippen molar-refractivity contribution < 1.29 is 14.2 Å². The summed E-state index contributed by atoms with van der Waals surface area (Å²) in [6.07, 6.45) is 2.26. The molecule has 0 amide bonds. The Kier molecular flexibility index (Phi) is 5.68. The summed E-state index contributed by atoms with van der Waals surface area (Å²) in [5.41, 5.74) is 0.364. The van der Waals surface area contributed by atoms with Gasteiger partial charge in [0.05, 0.1) is 7.11 Å². The summed E-state index contributed by atoms with van der Waals surface area (Å²) in [4.78, 5) is 0. The topological polar surface area (TPSA) is 39.7 Å². The molecule has 0 spiro atoms. The zero-order valence-corrected chi connectivity index (χ0v) is 12.5. The molecule has 0 aromatic heterocycles. The molecular formula is C16H25NO3. The van der Waals surface area contributed by atoms with Crippen molar-refractivity contribution >= 4 is 0 Å². The van der Waals surface area contributed by atoms with E-state index in [1.807, 2.05) is 24.3 Å². The number of rotatable bonds is 7. The largest absolute Gasteiger partial charge is 0.493 e. The molecule has 1 aliphatic rings. The molecule has 112 valence electrons. The van der Waals surface area contributed by atoms with Crippen LogP contribution in [0, 0.1) is 5.41 Å². The standard InChI is InChI=1S/C16H25NO3/c1-16(7-10-19-11-8-16)13-17-9-12-20-15-6-4-3-5-14(15)18-2/h3-6,17H,7-13H2,1-2H3. The van der Waals surface area contributed by atoms with Crippen molar-refractivity contribution in [3.63, 3.8) is 0 Å². The molecule has 4 nitrogen and oxygen atoms in total. The lowest BCUT2D eigenvalue weighted by Crippen LogP contribution is -2.38. The van der Waals surface area contributed by atoms with Gasteiger partial charge in [-0.1, -0.05) is 19.1 Å². The fourth-order valence-electron chi connectivity index (χ4n) is 2.40. The van der Waals surface area contributed by atoms with E-state index in [-0.39, 0.29) is 0 Å². The average molecular weight is 279 g/mol. The van der Waals surface area contributed by atoms with Gasteiger partial charge in [0.15, 0.2) is 11.5 Å². The lowest BCUT2D eigenvalue weighted by molar-refractivity contribution is 0.0239. The van der Waals surface area contributed by atoms with Crippen LogP contribution in [0.2, 0.25) is 0 Å². The molecule has 1 aromatic carbocycles. The van der Waals surface area contributed by atoms with Gasteiger partial charge in [0.25, 0.3) is 0 Å². The quantitative estimate of drug-likeness (QED) is 0.778. The highest BCUT2D eigenvalue weighted by Crippen LogP contribution is 2.28. The minimum atomic E-state index is 0.364. The van der Waals surface area contributed by atoms with Crippen LogP contribution in [0.5, 0.6) is 11.5 Å². The van der Waals surface area contributed by atoms with E-state index in [1.165, 1.54) is 0 Å². The molecule has 0 aliphatic carbocycles. The Morgan fingerprint density at radius 3 is 2.60 bits per heavy atom. The van der Waals surface area contributed by atoms with Gasteiger partial charge < -0.3 is 19.5 Å². The highest BCUT2D eigenvalue weighted by Gasteiger charge is 2.26. The molecule has 2 rings (SSSR count). The van der Waals surface area contributed by atoms with E-state index in [1.54, 1.807) is 7.11 Å². The summed E-state index contributed by atoms with van der Waals surface area (Å²) in [6.45, 7) is 6.60. The lowest BCUT2D eigenvalue weighted by Gasteiger charge is -2.33. The molecule has 1 saturated heterocycles. The number of para-hydroxylation sites is 2. The summed E-state index contributed by atoms with van der Waals surface area (Å²) >= 11 is 0. The molecule has 0 saturated carbocycles. The van der Waals surface area contributed by atoms with Crippen LogP contribution in [0.3, 0.4) is 0 Å². The maximum absolute atomic E-state index is 5.74. The number of nitrogens with one attached hydrogen (secondary N) is 1. The van der Waals surface area contributed by atoms with Crippen LogP contribution in [-0.4, -0.2) is 40.0 Å². The Balaban J connectivity index is 1.66. The summed E-state index contributed by atoms with van der Waals surface area (Å²) in [5.74, 6) is 1.58. The summed E-state index contributed by atoms with van der Waals surface area (Å²) in [7, 11) is 1.66. The highest BCUT2D eigenvalue weighted by molar-refractivity contribution is 5.39. The Morgan fingerprint density at radius 2 is 1.90 bits per heavy atom. The molecule has 0 bridgehead atoms. The van der Waals surface area contributed by atoms with Crippen LogP contribution >= 0.6 is 0 Å². The van der Waals surface area contributed by atoms with Crippen molar-refractivity contribution in [1.82, 2.24) is 5.32 Å². The van der Waals surface area contributed by atoms with Crippen LogP contribution in [0.15, 0.2) is 24.3 Å². The second-order valence-corrected chi connectivity index (χ2v) is 5.60. The number of methoxy groups -OCH3 is 1. The van der Waals surface area contributed by atoms with E-state index in [9.17, 15) is 0 Å². The normalized spacial score (nSPS) is 17.7. The smallest absolute Gasteiger partial charge is 0.161 e. The zero-order valence-electron chi connectivity index (χ0n) is 12.5. The fraction of sp³-hybridized carbons (Fsp3) is 0.625. The zero-order chi connectivity index (χ0) is 14.3. The van der Waals surface area contributed by atoms with Gasteiger partial charge in [-0.05, 0) is 30.4 Å². The molecule has 0 unspecified atom stereocenters. The average Bonchev–Trinajstić information content (AvgIpc) is 2.48. The van der Waals surface area contributed by atoms with Gasteiger partial charge in [0, 0.05) is 26.3 Å². The lowest BCUT2D eigenvalue weighted by atomic mass is 9.82. The molecule has 4 heteroatoms. The molecule has 0 atom stereocenters. The summed E-state index contributed by atoms with van der Waals surface area (Å²) < 4.78 is 16.4. The first-order valence-corrected chi connectivity index (χ1v) is 7.28. The third-order valence-electron chi connectivity index (χ3n) is 3.86. The Hall–Kier alpha value is -1.26. The molecule has 1 aromatic rings.